The number of nitrogens with one attached hydrogen (secondary N) is 1. The summed E-state index contributed by atoms with van der Waals surface area (Å²) >= 11 is 6.46. The van der Waals surface area contributed by atoms with E-state index in [9.17, 15) is 14.4 Å². The van der Waals surface area contributed by atoms with Gasteiger partial charge in [-0.1, -0.05) is 35.9 Å². The Morgan fingerprint density at radius 2 is 1.75 bits per heavy atom. The van der Waals surface area contributed by atoms with E-state index in [0.717, 1.165) is 23.7 Å². The first-order valence-corrected chi connectivity index (χ1v) is 13.2. The van der Waals surface area contributed by atoms with Crippen LogP contribution in [0.25, 0.3) is 10.9 Å². The summed E-state index contributed by atoms with van der Waals surface area (Å²) in [4.78, 5) is 38.9. The number of hydrogen-bond acceptors (Lipinski definition) is 5. The molecule has 1 fully saturated rings. The minimum Gasteiger partial charge on any atom is -0.478 e. The fourth-order valence-corrected chi connectivity index (χ4v) is 5.15. The molecule has 1 aliphatic heterocycles. The number of carboxylic acid groups (broad SMARTS) is 1. The first kappa shape index (κ1) is 27.4. The first-order valence-electron chi connectivity index (χ1n) is 12.8. The second-order valence-electron chi connectivity index (χ2n) is 9.73. The summed E-state index contributed by atoms with van der Waals surface area (Å²) in [7, 11) is 1.86. The number of alkyl halides is 1. The highest BCUT2D eigenvalue weighted by Crippen LogP contribution is 2.31. The monoisotopic (exact) mass is 563 g/mol. The van der Waals surface area contributed by atoms with Crippen molar-refractivity contribution in [2.45, 2.75) is 25.2 Å². The number of rotatable bonds is 9. The number of aryl methyl sites for hydroxylation is 1. The average molecular weight is 564 g/mol. The highest BCUT2D eigenvalue weighted by molar-refractivity contribution is 6.34. The fraction of sp³-hybridized carbons (Fsp3) is 0.233. The molecule has 1 aromatic heterocycles. The summed E-state index contributed by atoms with van der Waals surface area (Å²) in [6.45, 7) is 0.685. The minimum absolute atomic E-state index is 0.0200. The number of halogens is 2. The maximum Gasteiger partial charge on any atom is 0.371 e. The number of anilines is 1. The number of ether oxygens (including phenoxy) is 1. The van der Waals surface area contributed by atoms with Crippen LogP contribution >= 0.6 is 11.6 Å². The largest absolute Gasteiger partial charge is 0.478 e. The zero-order valence-corrected chi connectivity index (χ0v) is 22.5. The van der Waals surface area contributed by atoms with Crippen molar-refractivity contribution in [3.8, 4) is 5.75 Å². The first-order chi connectivity index (χ1) is 19.2. The number of Topliss-reactive ketones (excluding diaryl/α,β-unsaturated/α-hetero) is 1. The molecule has 1 aliphatic rings. The minimum atomic E-state index is -2.74. The van der Waals surface area contributed by atoms with Crippen LogP contribution < -0.4 is 10.1 Å². The van der Waals surface area contributed by atoms with Crippen LogP contribution in [0, 0.1) is 0 Å². The molecule has 1 unspecified atom stereocenters. The van der Waals surface area contributed by atoms with Gasteiger partial charge in [0.25, 0.3) is 5.91 Å². The SMILES string of the molecule is Cn1cc(C(=O)Nc2ccc(CC(=O)C(F)(Oc3ccc(C(=O)O)cc3)N3CCCC3)cc2Cl)c2ccccc21. The van der Waals surface area contributed by atoms with Gasteiger partial charge in [-0.25, -0.2) is 9.69 Å². The molecule has 2 heterocycles. The molecule has 0 spiro atoms. The molecule has 0 aliphatic carbocycles. The number of carbonyl (C=O) groups is 3. The molecule has 1 saturated heterocycles. The number of benzene rings is 3. The number of aromatic carboxylic acids is 1. The van der Waals surface area contributed by atoms with Crippen LogP contribution in [0.4, 0.5) is 10.1 Å². The molecule has 8 nitrogen and oxygen atoms in total. The molecule has 10 heteroatoms. The topological polar surface area (TPSA) is 101 Å². The lowest BCUT2D eigenvalue weighted by atomic mass is 10.1. The lowest BCUT2D eigenvalue weighted by Gasteiger charge is -2.33. The predicted molar refractivity (Wildman–Crippen MR) is 150 cm³/mol. The third-order valence-corrected chi connectivity index (χ3v) is 7.31. The van der Waals surface area contributed by atoms with E-state index in [1.54, 1.807) is 18.3 Å². The van der Waals surface area contributed by atoms with Crippen molar-refractivity contribution in [3.63, 3.8) is 0 Å². The van der Waals surface area contributed by atoms with Crippen LogP contribution in [-0.4, -0.2) is 51.3 Å². The molecule has 0 bridgehead atoms. The van der Waals surface area contributed by atoms with Gasteiger partial charge < -0.3 is 19.7 Å². The molecule has 40 heavy (non-hydrogen) atoms. The average Bonchev–Trinajstić information content (AvgIpc) is 3.60. The van der Waals surface area contributed by atoms with Gasteiger partial charge >= 0.3 is 11.9 Å². The van der Waals surface area contributed by atoms with Crippen LogP contribution in [0.1, 0.15) is 39.1 Å². The Morgan fingerprint density at radius 3 is 2.42 bits per heavy atom. The molecule has 1 amide bonds. The maximum atomic E-state index is 16.3. The molecular formula is C30H27ClFN3O5. The van der Waals surface area contributed by atoms with Crippen molar-refractivity contribution in [3.05, 3.63) is 94.6 Å². The number of fused-ring (bicyclic) bond motifs is 1. The lowest BCUT2D eigenvalue weighted by molar-refractivity contribution is -0.191. The van der Waals surface area contributed by atoms with Crippen LogP contribution in [-0.2, 0) is 18.3 Å². The summed E-state index contributed by atoms with van der Waals surface area (Å²) in [5.41, 5.74) is 2.24. The third-order valence-electron chi connectivity index (χ3n) is 7.00. The number of aromatic nitrogens is 1. The van der Waals surface area contributed by atoms with Crippen LogP contribution in [0.3, 0.4) is 0 Å². The summed E-state index contributed by atoms with van der Waals surface area (Å²) < 4.78 is 23.8. The Bertz CT molecular complexity index is 1600. The number of carboxylic acids is 1. The number of likely N-dealkylation sites (tertiary alicyclic amines) is 1. The van der Waals surface area contributed by atoms with Gasteiger partial charge in [-0.3, -0.25) is 9.59 Å². The molecule has 4 aromatic rings. The fourth-order valence-electron chi connectivity index (χ4n) is 4.90. The molecule has 0 radical (unpaired) electrons. The number of para-hydroxylation sites is 1. The van der Waals surface area contributed by atoms with E-state index >= 15 is 4.39 Å². The second kappa shape index (κ2) is 11.1. The summed E-state index contributed by atoms with van der Waals surface area (Å²) in [6, 6.07) is 17.5. The quantitative estimate of drug-likeness (QED) is 0.254. The smallest absolute Gasteiger partial charge is 0.371 e. The Kier molecular flexibility index (Phi) is 7.60. The van der Waals surface area contributed by atoms with Gasteiger partial charge in [0.05, 0.1) is 21.8 Å². The molecule has 0 saturated carbocycles. The van der Waals surface area contributed by atoms with Crippen LogP contribution in [0.2, 0.25) is 5.02 Å². The normalized spacial score (nSPS) is 15.1. The van der Waals surface area contributed by atoms with Gasteiger partial charge in [-0.15, -0.1) is 0 Å². The van der Waals surface area contributed by atoms with E-state index in [-0.39, 0.29) is 28.7 Å². The summed E-state index contributed by atoms with van der Waals surface area (Å²) in [6.07, 6.45) is 2.88. The molecule has 2 N–H and O–H groups in total. The molecule has 1 atom stereocenters. The number of nitrogens with zero attached hydrogens (tertiary/aromatic N) is 2. The Balaban J connectivity index is 1.33. The van der Waals surface area contributed by atoms with Crippen LogP contribution in [0.15, 0.2) is 72.9 Å². The van der Waals surface area contributed by atoms with Gasteiger partial charge in [0.1, 0.15) is 5.75 Å². The number of hydrogen-bond donors (Lipinski definition) is 2. The molecular weight excluding hydrogens is 537 g/mol. The Hall–Kier alpha value is -4.21. The van der Waals surface area contributed by atoms with Crippen molar-refractivity contribution < 1.29 is 28.6 Å². The number of ketones is 1. The van der Waals surface area contributed by atoms with Crippen molar-refractivity contribution in [2.24, 2.45) is 7.05 Å². The van der Waals surface area contributed by atoms with Gasteiger partial charge in [-0.2, -0.15) is 4.39 Å². The Morgan fingerprint density at radius 1 is 1.05 bits per heavy atom. The Labute approximate surface area is 234 Å². The van der Waals surface area contributed by atoms with Gasteiger partial charge in [-0.05, 0) is 60.9 Å². The van der Waals surface area contributed by atoms with Crippen molar-refractivity contribution in [1.29, 1.82) is 0 Å². The number of carbonyl (C=O) groups excluding carboxylic acids is 2. The zero-order valence-electron chi connectivity index (χ0n) is 21.7. The highest BCUT2D eigenvalue weighted by atomic mass is 35.5. The second-order valence-corrected chi connectivity index (χ2v) is 10.1. The molecule has 206 valence electrons. The summed E-state index contributed by atoms with van der Waals surface area (Å²) in [5, 5.41) is 12.9. The third kappa shape index (κ3) is 5.43. The van der Waals surface area contributed by atoms with E-state index in [1.807, 2.05) is 35.9 Å². The van der Waals surface area contributed by atoms with Gasteiger partial charge in [0.15, 0.2) is 0 Å². The van der Waals surface area contributed by atoms with Crippen molar-refractivity contribution in [2.75, 3.05) is 18.4 Å². The van der Waals surface area contributed by atoms with E-state index in [4.69, 9.17) is 21.4 Å². The standard InChI is InChI=1S/C30H27ClFN3O5/c1-34-18-23(22-6-2-3-7-26(22)34)28(37)33-25-13-8-19(16-24(25)31)17-27(36)30(32,35-14-4-5-15-35)40-21-11-9-20(10-12-21)29(38)39/h2-3,6-13,16,18H,4-5,14-15,17H2,1H3,(H,33,37)(H,38,39). The van der Waals surface area contributed by atoms with E-state index in [0.29, 0.717) is 29.9 Å². The van der Waals surface area contributed by atoms with Crippen molar-refractivity contribution >= 4 is 45.9 Å². The summed E-state index contributed by atoms with van der Waals surface area (Å²) in [5.74, 6) is -4.98. The lowest BCUT2D eigenvalue weighted by Crippen LogP contribution is -2.55. The number of amides is 1. The molecule has 3 aromatic carbocycles. The predicted octanol–water partition coefficient (Wildman–Crippen LogP) is 5.69. The maximum absolute atomic E-state index is 16.3. The molecule has 5 rings (SSSR count). The highest BCUT2D eigenvalue weighted by Gasteiger charge is 2.48. The van der Waals surface area contributed by atoms with E-state index < -0.39 is 17.7 Å². The van der Waals surface area contributed by atoms with Crippen molar-refractivity contribution in [1.82, 2.24) is 9.47 Å². The van der Waals surface area contributed by atoms with Crippen LogP contribution in [0.5, 0.6) is 5.75 Å². The zero-order chi connectivity index (χ0) is 28.4. The van der Waals surface area contributed by atoms with E-state index in [1.165, 1.54) is 35.2 Å². The van der Waals surface area contributed by atoms with E-state index in [2.05, 4.69) is 5.32 Å². The van der Waals surface area contributed by atoms with Gasteiger partial charge in [0, 0.05) is 43.7 Å². The van der Waals surface area contributed by atoms with Gasteiger partial charge in [0.2, 0.25) is 5.78 Å².